The van der Waals surface area contributed by atoms with Crippen molar-refractivity contribution in [3.05, 3.63) is 53.1 Å². The number of sulfonamides is 1. The summed E-state index contributed by atoms with van der Waals surface area (Å²) in [5.74, 6) is -2.52. The van der Waals surface area contributed by atoms with Gasteiger partial charge in [-0.2, -0.15) is 4.31 Å². The third-order valence-corrected chi connectivity index (χ3v) is 6.22. The van der Waals surface area contributed by atoms with E-state index in [-0.39, 0.29) is 16.1 Å². The van der Waals surface area contributed by atoms with Gasteiger partial charge in [-0.15, -0.1) is 13.2 Å². The Morgan fingerprint density at radius 1 is 1.13 bits per heavy atom. The molecular formula is C19H19F3N2O6S. The molecule has 0 aromatic heterocycles. The van der Waals surface area contributed by atoms with Crippen LogP contribution >= 0.6 is 0 Å². The van der Waals surface area contributed by atoms with E-state index >= 15 is 0 Å². The average molecular weight is 460 g/mol. The lowest BCUT2D eigenvalue weighted by Crippen LogP contribution is -2.35. The summed E-state index contributed by atoms with van der Waals surface area (Å²) < 4.78 is 66.8. The van der Waals surface area contributed by atoms with Crippen LogP contribution in [0.2, 0.25) is 0 Å². The predicted octanol–water partition coefficient (Wildman–Crippen LogP) is 3.16. The fourth-order valence-corrected chi connectivity index (χ4v) is 4.06. The Morgan fingerprint density at radius 3 is 2.23 bits per heavy atom. The van der Waals surface area contributed by atoms with Crippen molar-refractivity contribution in [3.63, 3.8) is 0 Å². The number of amides is 1. The first kappa shape index (κ1) is 24.2. The maximum absolute atomic E-state index is 12.9. The number of nitrogens with one attached hydrogen (secondary N) is 1. The molecule has 2 N–H and O–H groups in total. The average Bonchev–Trinajstić information content (AvgIpc) is 2.63. The highest BCUT2D eigenvalue weighted by molar-refractivity contribution is 7.89. The van der Waals surface area contributed by atoms with Gasteiger partial charge in [-0.3, -0.25) is 4.79 Å². The first-order chi connectivity index (χ1) is 14.2. The Kier molecular flexibility index (Phi) is 6.96. The lowest BCUT2D eigenvalue weighted by atomic mass is 10.1. The van der Waals surface area contributed by atoms with Gasteiger partial charge >= 0.3 is 12.3 Å². The zero-order chi connectivity index (χ0) is 23.6. The van der Waals surface area contributed by atoms with Crippen molar-refractivity contribution in [1.29, 1.82) is 0 Å². The van der Waals surface area contributed by atoms with Crippen molar-refractivity contribution in [2.75, 3.05) is 18.9 Å². The second kappa shape index (κ2) is 8.94. The number of likely N-dealkylation sites (N-methyl/N-ethyl adjacent to an activating group) is 1. The molecule has 2 aromatic rings. The Labute approximate surface area is 176 Å². The molecule has 0 unspecified atom stereocenters. The summed E-state index contributed by atoms with van der Waals surface area (Å²) in [5, 5.41) is 11.5. The second-order valence-corrected chi connectivity index (χ2v) is 8.62. The van der Waals surface area contributed by atoms with Gasteiger partial charge in [-0.25, -0.2) is 13.2 Å². The molecule has 12 heteroatoms. The van der Waals surface area contributed by atoms with Crippen LogP contribution < -0.4 is 10.1 Å². The molecule has 0 bridgehead atoms. The number of alkyl halides is 3. The number of carboxylic acid groups (broad SMARTS) is 1. The van der Waals surface area contributed by atoms with E-state index in [2.05, 4.69) is 10.1 Å². The summed E-state index contributed by atoms with van der Waals surface area (Å²) in [7, 11) is -3.05. The van der Waals surface area contributed by atoms with Crippen LogP contribution in [0.15, 0.2) is 41.3 Å². The Balaban J connectivity index is 2.14. The van der Waals surface area contributed by atoms with Gasteiger partial charge in [0.25, 0.3) is 0 Å². The minimum Gasteiger partial charge on any atom is -0.478 e. The number of nitrogens with zero attached hydrogens (tertiary/aromatic N) is 1. The molecule has 8 nitrogen and oxygen atoms in total. The van der Waals surface area contributed by atoms with Crippen molar-refractivity contribution in [3.8, 4) is 5.75 Å². The number of carboxylic acids is 1. The van der Waals surface area contributed by atoms with Gasteiger partial charge in [0.15, 0.2) is 0 Å². The van der Waals surface area contributed by atoms with Gasteiger partial charge in [0.05, 0.1) is 17.0 Å². The molecule has 1 amide bonds. The number of carbonyl (C=O) groups excluding carboxylic acids is 1. The van der Waals surface area contributed by atoms with E-state index in [0.717, 1.165) is 41.7 Å². The number of anilines is 1. The zero-order valence-electron chi connectivity index (χ0n) is 16.6. The molecule has 0 saturated heterocycles. The summed E-state index contributed by atoms with van der Waals surface area (Å²) >= 11 is 0. The van der Waals surface area contributed by atoms with Crippen LogP contribution in [-0.2, 0) is 14.8 Å². The lowest BCUT2D eigenvalue weighted by Gasteiger charge is -2.19. The standard InChI is InChI=1S/C19H19F3N2O6S/c1-11-8-13(18(26)27)9-16(12(11)2)31(28,29)24(3)10-17(25)23-14-4-6-15(7-5-14)30-19(20,21)22/h4-9H,10H2,1-3H3,(H,23,25)(H,26,27). The topological polar surface area (TPSA) is 113 Å². The fraction of sp³-hybridized carbons (Fsp3) is 0.263. The number of hydrogen-bond acceptors (Lipinski definition) is 5. The van der Waals surface area contributed by atoms with Gasteiger partial charge in [-0.1, -0.05) is 0 Å². The highest BCUT2D eigenvalue weighted by atomic mass is 32.2. The van der Waals surface area contributed by atoms with Gasteiger partial charge < -0.3 is 15.2 Å². The van der Waals surface area contributed by atoms with Crippen LogP contribution in [0.1, 0.15) is 21.5 Å². The van der Waals surface area contributed by atoms with Crippen LogP contribution in [0.3, 0.4) is 0 Å². The zero-order valence-corrected chi connectivity index (χ0v) is 17.5. The fourth-order valence-electron chi connectivity index (χ4n) is 2.61. The van der Waals surface area contributed by atoms with E-state index in [0.29, 0.717) is 11.1 Å². The third kappa shape index (κ3) is 6.18. The quantitative estimate of drug-likeness (QED) is 0.656. The van der Waals surface area contributed by atoms with Crippen LogP contribution in [0, 0.1) is 13.8 Å². The molecule has 31 heavy (non-hydrogen) atoms. The van der Waals surface area contributed by atoms with Crippen molar-refractivity contribution >= 4 is 27.6 Å². The van der Waals surface area contributed by atoms with Gasteiger partial charge in [0, 0.05) is 12.7 Å². The summed E-state index contributed by atoms with van der Waals surface area (Å²) in [6, 6.07) is 6.68. The number of aromatic carboxylic acids is 1. The van der Waals surface area contributed by atoms with Crippen molar-refractivity contribution in [2.45, 2.75) is 25.1 Å². The minimum atomic E-state index is -4.85. The van der Waals surface area contributed by atoms with Crippen molar-refractivity contribution in [2.24, 2.45) is 0 Å². The molecule has 0 heterocycles. The largest absolute Gasteiger partial charge is 0.573 e. The van der Waals surface area contributed by atoms with Crippen LogP contribution in [0.5, 0.6) is 5.75 Å². The number of ether oxygens (including phenoxy) is 1. The van der Waals surface area contributed by atoms with E-state index in [9.17, 15) is 36.3 Å². The first-order valence-corrected chi connectivity index (χ1v) is 10.1. The maximum Gasteiger partial charge on any atom is 0.573 e. The number of rotatable bonds is 7. The molecule has 2 rings (SSSR count). The van der Waals surface area contributed by atoms with Crippen molar-refractivity contribution in [1.82, 2.24) is 4.31 Å². The molecule has 0 saturated carbocycles. The molecule has 2 aromatic carbocycles. The monoisotopic (exact) mass is 460 g/mol. The highest BCUT2D eigenvalue weighted by Gasteiger charge is 2.31. The Morgan fingerprint density at radius 2 is 1.71 bits per heavy atom. The molecule has 0 radical (unpaired) electrons. The summed E-state index contributed by atoms with van der Waals surface area (Å²) in [4.78, 5) is 23.2. The molecule has 0 fully saturated rings. The normalized spacial score (nSPS) is 12.0. The lowest BCUT2D eigenvalue weighted by molar-refractivity contribution is -0.274. The molecule has 0 aliphatic rings. The number of hydrogen-bond donors (Lipinski definition) is 2. The molecule has 168 valence electrons. The van der Waals surface area contributed by atoms with Gasteiger partial charge in [0.2, 0.25) is 15.9 Å². The SMILES string of the molecule is Cc1cc(C(=O)O)cc(S(=O)(=O)N(C)CC(=O)Nc2ccc(OC(F)(F)F)cc2)c1C. The van der Waals surface area contributed by atoms with Crippen LogP contribution in [-0.4, -0.2) is 49.7 Å². The van der Waals surface area contributed by atoms with Crippen LogP contribution in [0.4, 0.5) is 18.9 Å². The number of benzene rings is 2. The molecular weight excluding hydrogens is 441 g/mol. The van der Waals surface area contributed by atoms with E-state index < -0.39 is 40.6 Å². The Hall–Kier alpha value is -3.12. The summed E-state index contributed by atoms with van der Waals surface area (Å²) in [6.07, 6.45) is -4.85. The van der Waals surface area contributed by atoms with E-state index in [4.69, 9.17) is 0 Å². The van der Waals surface area contributed by atoms with Gasteiger partial charge in [0.1, 0.15) is 5.75 Å². The van der Waals surface area contributed by atoms with Crippen molar-refractivity contribution < 1.29 is 41.0 Å². The molecule has 0 atom stereocenters. The first-order valence-electron chi connectivity index (χ1n) is 8.67. The third-order valence-electron chi connectivity index (χ3n) is 4.29. The maximum atomic E-state index is 12.9. The summed E-state index contributed by atoms with van der Waals surface area (Å²) in [5.41, 5.74) is 0.723. The van der Waals surface area contributed by atoms with E-state index in [1.165, 1.54) is 13.0 Å². The van der Waals surface area contributed by atoms with E-state index in [1.807, 2.05) is 0 Å². The van der Waals surface area contributed by atoms with Gasteiger partial charge in [-0.05, 0) is 61.4 Å². The van der Waals surface area contributed by atoms with Crippen LogP contribution in [0.25, 0.3) is 0 Å². The second-order valence-electron chi connectivity index (χ2n) is 6.60. The molecule has 0 aliphatic heterocycles. The summed E-state index contributed by atoms with van der Waals surface area (Å²) in [6.45, 7) is 2.48. The molecule has 0 aliphatic carbocycles. The highest BCUT2D eigenvalue weighted by Crippen LogP contribution is 2.25. The smallest absolute Gasteiger partial charge is 0.478 e. The number of halogens is 3. The number of aryl methyl sites for hydroxylation is 1. The minimum absolute atomic E-state index is 0.130. The molecule has 0 spiro atoms. The number of carbonyl (C=O) groups is 2. The predicted molar refractivity (Wildman–Crippen MR) is 104 cm³/mol. The van der Waals surface area contributed by atoms with E-state index in [1.54, 1.807) is 6.92 Å². The Bertz CT molecular complexity index is 1100.